The minimum atomic E-state index is -1.08. The minimum Gasteiger partial charge on any atom is -0.493 e. The molecule has 166 valence electrons. The van der Waals surface area contributed by atoms with Gasteiger partial charge in [-0.1, -0.05) is 13.0 Å². The number of pyridine rings is 1. The number of hydrogen-bond donors (Lipinski definition) is 1. The third-order valence-electron chi connectivity index (χ3n) is 5.71. The van der Waals surface area contributed by atoms with Gasteiger partial charge in [0, 0.05) is 48.7 Å². The van der Waals surface area contributed by atoms with Crippen LogP contribution in [0.15, 0.2) is 42.7 Å². The van der Waals surface area contributed by atoms with E-state index in [4.69, 9.17) is 4.74 Å². The number of aromatic nitrogens is 3. The molecule has 1 aromatic carbocycles. The summed E-state index contributed by atoms with van der Waals surface area (Å²) in [5.74, 6) is -3.73. The van der Waals surface area contributed by atoms with Crippen LogP contribution in [0.1, 0.15) is 30.6 Å². The average Bonchev–Trinajstić information content (AvgIpc) is 2.81. The Morgan fingerprint density at radius 3 is 2.78 bits per heavy atom. The molecule has 0 aliphatic carbocycles. The number of hydrogen-bond acceptors (Lipinski definition) is 6. The summed E-state index contributed by atoms with van der Waals surface area (Å²) in [6.45, 7) is 2.15. The van der Waals surface area contributed by atoms with Crippen molar-refractivity contribution in [1.82, 2.24) is 15.0 Å². The quantitative estimate of drug-likeness (QED) is 0.619. The number of halogens is 2. The highest BCUT2D eigenvalue weighted by Gasteiger charge is 2.38. The first kappa shape index (κ1) is 21.6. The van der Waals surface area contributed by atoms with Crippen LogP contribution in [-0.2, 0) is 11.2 Å². The molecule has 1 aliphatic rings. The predicted molar refractivity (Wildman–Crippen MR) is 113 cm³/mol. The average molecular weight is 440 g/mol. The summed E-state index contributed by atoms with van der Waals surface area (Å²) in [6.07, 6.45) is 4.08. The van der Waals surface area contributed by atoms with Crippen LogP contribution in [0.3, 0.4) is 0 Å². The molecule has 9 heteroatoms. The molecule has 3 aromatic rings. The number of aliphatic carboxylic acids is 1. The lowest BCUT2D eigenvalue weighted by Gasteiger charge is -2.41. The smallest absolute Gasteiger partial charge is 0.308 e. The lowest BCUT2D eigenvalue weighted by Crippen LogP contribution is -2.42. The molecule has 4 rings (SSSR count). The minimum absolute atomic E-state index is 0.241. The molecule has 1 N–H and O–H groups in total. The van der Waals surface area contributed by atoms with Gasteiger partial charge in [-0.3, -0.25) is 9.78 Å². The SMILES string of the molecule is CCC(C(=O)O)C1c2cnc(-c3ccccn3)nc2CCN1c1cc(F)c(F)c(OC)c1. The fourth-order valence-electron chi connectivity index (χ4n) is 4.15. The number of methoxy groups -OCH3 is 1. The van der Waals surface area contributed by atoms with Gasteiger partial charge in [0.25, 0.3) is 0 Å². The summed E-state index contributed by atoms with van der Waals surface area (Å²) in [5.41, 5.74) is 2.32. The second-order valence-corrected chi connectivity index (χ2v) is 7.50. The van der Waals surface area contributed by atoms with Crippen LogP contribution in [0, 0.1) is 17.6 Å². The van der Waals surface area contributed by atoms with Gasteiger partial charge in [-0.05, 0) is 18.6 Å². The number of rotatable bonds is 6. The summed E-state index contributed by atoms with van der Waals surface area (Å²) in [4.78, 5) is 27.2. The number of nitrogens with zero attached hydrogens (tertiary/aromatic N) is 4. The van der Waals surface area contributed by atoms with E-state index in [9.17, 15) is 18.7 Å². The molecule has 2 unspecified atom stereocenters. The normalized spacial score (nSPS) is 16.4. The van der Waals surface area contributed by atoms with Crippen LogP contribution in [0.5, 0.6) is 5.75 Å². The van der Waals surface area contributed by atoms with E-state index in [1.807, 2.05) is 6.07 Å². The molecule has 0 bridgehead atoms. The first-order valence-corrected chi connectivity index (χ1v) is 10.2. The fraction of sp³-hybridized carbons (Fsp3) is 0.304. The van der Waals surface area contributed by atoms with Crippen molar-refractivity contribution >= 4 is 11.7 Å². The van der Waals surface area contributed by atoms with E-state index in [1.54, 1.807) is 36.4 Å². The Morgan fingerprint density at radius 2 is 2.12 bits per heavy atom. The van der Waals surface area contributed by atoms with E-state index >= 15 is 0 Å². The van der Waals surface area contributed by atoms with Gasteiger partial charge in [-0.15, -0.1) is 0 Å². The fourth-order valence-corrected chi connectivity index (χ4v) is 4.15. The lowest BCUT2D eigenvalue weighted by atomic mass is 9.85. The Bertz CT molecular complexity index is 1140. The molecule has 0 saturated heterocycles. The summed E-state index contributed by atoms with van der Waals surface area (Å²) >= 11 is 0. The molecule has 7 nitrogen and oxygen atoms in total. The van der Waals surface area contributed by atoms with Crippen molar-refractivity contribution in [3.63, 3.8) is 0 Å². The Kier molecular flexibility index (Phi) is 5.98. The molecule has 0 spiro atoms. The van der Waals surface area contributed by atoms with Gasteiger partial charge in [0.1, 0.15) is 5.69 Å². The number of carbonyl (C=O) groups is 1. The van der Waals surface area contributed by atoms with Gasteiger partial charge in [-0.2, -0.15) is 4.39 Å². The molecule has 3 heterocycles. The number of carboxylic acid groups (broad SMARTS) is 1. The zero-order valence-electron chi connectivity index (χ0n) is 17.6. The van der Waals surface area contributed by atoms with Crippen molar-refractivity contribution in [1.29, 1.82) is 0 Å². The molecule has 2 atom stereocenters. The van der Waals surface area contributed by atoms with Crippen LogP contribution in [0.2, 0.25) is 0 Å². The Hall–Kier alpha value is -3.62. The molecule has 0 amide bonds. The zero-order chi connectivity index (χ0) is 22.8. The molecule has 32 heavy (non-hydrogen) atoms. The van der Waals surface area contributed by atoms with Crippen molar-refractivity contribution in [2.24, 2.45) is 5.92 Å². The second kappa shape index (κ2) is 8.86. The van der Waals surface area contributed by atoms with Crippen LogP contribution < -0.4 is 9.64 Å². The van der Waals surface area contributed by atoms with Gasteiger partial charge >= 0.3 is 5.97 Å². The molecular weight excluding hydrogens is 418 g/mol. The third-order valence-corrected chi connectivity index (χ3v) is 5.71. The third kappa shape index (κ3) is 3.86. The first-order chi connectivity index (χ1) is 15.4. The summed E-state index contributed by atoms with van der Waals surface area (Å²) in [6, 6.07) is 7.22. The van der Waals surface area contributed by atoms with Crippen molar-refractivity contribution in [3.05, 3.63) is 65.6 Å². The van der Waals surface area contributed by atoms with E-state index in [1.165, 1.54) is 13.2 Å². The maximum absolute atomic E-state index is 14.3. The Morgan fingerprint density at radius 1 is 1.31 bits per heavy atom. The maximum Gasteiger partial charge on any atom is 0.308 e. The van der Waals surface area contributed by atoms with Crippen molar-refractivity contribution in [2.75, 3.05) is 18.6 Å². The van der Waals surface area contributed by atoms with Gasteiger partial charge in [0.2, 0.25) is 5.82 Å². The van der Waals surface area contributed by atoms with Gasteiger partial charge in [0.15, 0.2) is 17.4 Å². The predicted octanol–water partition coefficient (Wildman–Crippen LogP) is 4.04. The molecule has 0 saturated carbocycles. The topological polar surface area (TPSA) is 88.4 Å². The number of anilines is 1. The highest BCUT2D eigenvalue weighted by atomic mass is 19.2. The monoisotopic (exact) mass is 440 g/mol. The maximum atomic E-state index is 14.3. The first-order valence-electron chi connectivity index (χ1n) is 10.2. The number of fused-ring (bicyclic) bond motifs is 1. The van der Waals surface area contributed by atoms with Gasteiger partial charge in [-0.25, -0.2) is 14.4 Å². The van der Waals surface area contributed by atoms with Crippen LogP contribution in [0.4, 0.5) is 14.5 Å². The van der Waals surface area contributed by atoms with Crippen LogP contribution in [-0.4, -0.2) is 39.7 Å². The van der Waals surface area contributed by atoms with Crippen molar-refractivity contribution in [3.8, 4) is 17.3 Å². The van der Waals surface area contributed by atoms with Crippen molar-refractivity contribution in [2.45, 2.75) is 25.8 Å². The Labute approximate surface area is 183 Å². The highest BCUT2D eigenvalue weighted by molar-refractivity contribution is 5.73. The van der Waals surface area contributed by atoms with Crippen molar-refractivity contribution < 1.29 is 23.4 Å². The number of carboxylic acids is 1. The molecule has 1 aliphatic heterocycles. The summed E-state index contributed by atoms with van der Waals surface area (Å²) in [7, 11) is 1.25. The molecule has 2 aromatic heterocycles. The standard InChI is InChI=1S/C23H22F2N4O3/c1-3-14(23(30)31)21-15-12-27-22(18-6-4-5-8-26-18)28-17(15)7-9-29(21)13-10-16(24)20(25)19(11-13)32-2/h4-6,8,10-12,14,21H,3,7,9H2,1-2H3,(H,30,31). The van der Waals surface area contributed by atoms with E-state index in [0.29, 0.717) is 42.2 Å². The Balaban J connectivity index is 1.82. The number of benzene rings is 1. The van der Waals surface area contributed by atoms with E-state index in [2.05, 4.69) is 15.0 Å². The second-order valence-electron chi connectivity index (χ2n) is 7.50. The highest BCUT2D eigenvalue weighted by Crippen LogP contribution is 2.41. The summed E-state index contributed by atoms with van der Waals surface area (Å²) < 4.78 is 33.2. The van der Waals surface area contributed by atoms with Crippen LogP contribution >= 0.6 is 0 Å². The lowest BCUT2D eigenvalue weighted by molar-refractivity contribution is -0.142. The van der Waals surface area contributed by atoms with Gasteiger partial charge in [0.05, 0.1) is 24.8 Å². The van der Waals surface area contributed by atoms with E-state index < -0.39 is 29.6 Å². The molecular formula is C23H22F2N4O3. The van der Waals surface area contributed by atoms with E-state index in [-0.39, 0.29) is 5.75 Å². The summed E-state index contributed by atoms with van der Waals surface area (Å²) in [5, 5.41) is 9.91. The van der Waals surface area contributed by atoms with E-state index in [0.717, 1.165) is 11.8 Å². The zero-order valence-corrected chi connectivity index (χ0v) is 17.6. The van der Waals surface area contributed by atoms with Crippen LogP contribution in [0.25, 0.3) is 11.5 Å². The largest absolute Gasteiger partial charge is 0.493 e. The van der Waals surface area contributed by atoms with Gasteiger partial charge < -0.3 is 14.7 Å². The molecule has 0 radical (unpaired) electrons. The molecule has 0 fully saturated rings. The number of ether oxygens (including phenoxy) is 1.